The lowest BCUT2D eigenvalue weighted by atomic mass is 10.1. The molecule has 15 heteroatoms. The Balaban J connectivity index is 0.0000115. The highest BCUT2D eigenvalue weighted by Gasteiger charge is 2.39. The van der Waals surface area contributed by atoms with Gasteiger partial charge in [-0.15, -0.1) is 0 Å². The SMILES string of the molecule is C.C.C[Si](C)(CCCOCCOC(=O)c1ccccc1C(=O)O)O[Si](C)(C)O[Si](C)(C)CCCOCCOC(=O)c1ccccc1C(=O)O. The fourth-order valence-corrected chi connectivity index (χ4v) is 19.1. The number of ether oxygens (including phenoxy) is 4. The lowest BCUT2D eigenvalue weighted by Gasteiger charge is -2.38. The summed E-state index contributed by atoms with van der Waals surface area (Å²) in [5, 5.41) is 18.5. The predicted molar refractivity (Wildman–Crippen MR) is 196 cm³/mol. The Bertz CT molecular complexity index is 1250. The van der Waals surface area contributed by atoms with Gasteiger partial charge >= 0.3 is 32.4 Å². The average Bonchev–Trinajstić information content (AvgIpc) is 2.98. The molecular formula is C34H56O12Si3. The fourth-order valence-electron chi connectivity index (χ4n) is 5.09. The van der Waals surface area contributed by atoms with E-state index in [-0.39, 0.29) is 63.5 Å². The molecule has 0 aliphatic carbocycles. The highest BCUT2D eigenvalue weighted by molar-refractivity contribution is 6.87. The number of carbonyl (C=O) groups excluding carboxylic acids is 2. The van der Waals surface area contributed by atoms with Gasteiger partial charge in [0.1, 0.15) is 13.2 Å². The summed E-state index contributed by atoms with van der Waals surface area (Å²) in [6.45, 7) is 14.3. The van der Waals surface area contributed by atoms with Gasteiger partial charge in [0.15, 0.2) is 16.6 Å². The van der Waals surface area contributed by atoms with Crippen molar-refractivity contribution in [2.75, 3.05) is 39.6 Å². The Morgan fingerprint density at radius 3 is 1.18 bits per heavy atom. The van der Waals surface area contributed by atoms with Crippen LogP contribution in [0.4, 0.5) is 0 Å². The predicted octanol–water partition coefficient (Wildman–Crippen LogP) is 7.33. The average molecular weight is 741 g/mol. The number of carbonyl (C=O) groups is 4. The van der Waals surface area contributed by atoms with Crippen LogP contribution in [0.15, 0.2) is 48.5 Å². The number of hydrogen-bond acceptors (Lipinski definition) is 10. The molecule has 2 aromatic rings. The summed E-state index contributed by atoms with van der Waals surface area (Å²) >= 11 is 0. The molecule has 0 radical (unpaired) electrons. The standard InChI is InChI=1S/C32H48O12Si3.2CH4/c1-45(2,23-11-17-39-19-21-41-31(37)27-15-9-7-13-25(27)29(33)34)43-47(5,6)44-46(3,4)24-12-18-40-20-22-42-32(38)28-16-10-8-14-26(28)30(35)36;;/h7-10,13-16H,11-12,17-24H2,1-6H3,(H,33,34)(H,35,36);2*1H4. The van der Waals surface area contributed by atoms with Gasteiger partial charge < -0.3 is 37.4 Å². The van der Waals surface area contributed by atoms with Crippen LogP contribution in [-0.2, 0) is 27.2 Å². The molecule has 2 aromatic carbocycles. The summed E-state index contributed by atoms with van der Waals surface area (Å²) in [5.74, 6) is -3.76. The van der Waals surface area contributed by atoms with Crippen molar-refractivity contribution in [1.29, 1.82) is 0 Å². The van der Waals surface area contributed by atoms with Crippen LogP contribution in [0.3, 0.4) is 0 Å². The molecule has 0 unspecified atom stereocenters. The second kappa shape index (κ2) is 21.8. The van der Waals surface area contributed by atoms with Crippen LogP contribution in [0.5, 0.6) is 0 Å². The zero-order valence-corrected chi connectivity index (χ0v) is 31.2. The monoisotopic (exact) mass is 740 g/mol. The van der Waals surface area contributed by atoms with Crippen molar-refractivity contribution in [2.24, 2.45) is 0 Å². The van der Waals surface area contributed by atoms with Crippen LogP contribution < -0.4 is 0 Å². The normalized spacial score (nSPS) is 11.6. The number of aromatic carboxylic acids is 2. The summed E-state index contributed by atoms with van der Waals surface area (Å²) in [6.07, 6.45) is 1.58. The van der Waals surface area contributed by atoms with E-state index < -0.39 is 49.1 Å². The van der Waals surface area contributed by atoms with Gasteiger partial charge in [0.05, 0.1) is 35.5 Å². The smallest absolute Gasteiger partial charge is 0.339 e. The van der Waals surface area contributed by atoms with E-state index in [1.54, 1.807) is 24.3 Å². The van der Waals surface area contributed by atoms with Crippen LogP contribution in [-0.4, -0.2) is 98.9 Å². The quantitative estimate of drug-likeness (QED) is 0.0703. The molecule has 0 saturated carbocycles. The van der Waals surface area contributed by atoms with Crippen LogP contribution in [0.2, 0.25) is 51.4 Å². The first-order valence-electron chi connectivity index (χ1n) is 15.6. The Morgan fingerprint density at radius 1 is 0.531 bits per heavy atom. The van der Waals surface area contributed by atoms with Gasteiger partial charge in [0.2, 0.25) is 0 Å². The summed E-state index contributed by atoms with van der Waals surface area (Å²) < 4.78 is 34.9. The largest absolute Gasteiger partial charge is 0.478 e. The molecule has 0 heterocycles. The minimum atomic E-state index is -2.41. The van der Waals surface area contributed by atoms with Crippen LogP contribution >= 0.6 is 0 Å². The van der Waals surface area contributed by atoms with Crippen LogP contribution in [0.25, 0.3) is 0 Å². The Morgan fingerprint density at radius 2 is 0.857 bits per heavy atom. The molecule has 0 aliphatic rings. The molecular weight excluding hydrogens is 685 g/mol. The second-order valence-electron chi connectivity index (χ2n) is 12.5. The zero-order chi connectivity index (χ0) is 35.1. The molecule has 0 aliphatic heterocycles. The first kappa shape index (κ1) is 45.8. The molecule has 0 saturated heterocycles. The Hall–Kier alpha value is -3.19. The Kier molecular flexibility index (Phi) is 20.4. The molecule has 0 fully saturated rings. The number of benzene rings is 2. The van der Waals surface area contributed by atoms with Gasteiger partial charge in [0, 0.05) is 13.2 Å². The lowest BCUT2D eigenvalue weighted by Crippen LogP contribution is -2.52. The topological polar surface area (TPSA) is 164 Å². The summed E-state index contributed by atoms with van der Waals surface area (Å²) in [4.78, 5) is 47.0. The van der Waals surface area contributed by atoms with E-state index in [4.69, 9.17) is 27.2 Å². The molecule has 49 heavy (non-hydrogen) atoms. The summed E-state index contributed by atoms with van der Waals surface area (Å²) in [6, 6.07) is 13.6. The van der Waals surface area contributed by atoms with Gasteiger partial charge in [-0.05, 0) is 88.5 Å². The summed E-state index contributed by atoms with van der Waals surface area (Å²) in [5.41, 5.74) is -0.174. The van der Waals surface area contributed by atoms with Crippen molar-refractivity contribution in [3.8, 4) is 0 Å². The van der Waals surface area contributed by atoms with E-state index in [1.807, 2.05) is 0 Å². The van der Waals surface area contributed by atoms with E-state index in [1.165, 1.54) is 24.3 Å². The van der Waals surface area contributed by atoms with Crippen LogP contribution in [0.1, 0.15) is 69.1 Å². The highest BCUT2D eigenvalue weighted by atomic mass is 28.5. The molecule has 0 bridgehead atoms. The maximum Gasteiger partial charge on any atom is 0.339 e. The minimum Gasteiger partial charge on any atom is -0.478 e. The van der Waals surface area contributed by atoms with Gasteiger partial charge in [-0.3, -0.25) is 0 Å². The third-order valence-electron chi connectivity index (χ3n) is 6.86. The molecule has 2 N–H and O–H groups in total. The third-order valence-corrected chi connectivity index (χ3v) is 18.3. The maximum absolute atomic E-state index is 12.2. The molecule has 0 amide bonds. The maximum atomic E-state index is 12.2. The van der Waals surface area contributed by atoms with Gasteiger partial charge in [-0.2, -0.15) is 0 Å². The van der Waals surface area contributed by atoms with E-state index in [2.05, 4.69) is 39.3 Å². The molecule has 2 rings (SSSR count). The molecule has 276 valence electrons. The van der Waals surface area contributed by atoms with Crippen molar-refractivity contribution < 1.29 is 56.6 Å². The molecule has 0 atom stereocenters. The van der Waals surface area contributed by atoms with Crippen molar-refractivity contribution in [3.05, 3.63) is 70.8 Å². The molecule has 12 nitrogen and oxygen atoms in total. The minimum absolute atomic E-state index is 0. The highest BCUT2D eigenvalue weighted by Crippen LogP contribution is 2.26. The summed E-state index contributed by atoms with van der Waals surface area (Å²) in [7, 11) is -6.50. The first-order valence-corrected chi connectivity index (χ1v) is 24.6. The van der Waals surface area contributed by atoms with E-state index >= 15 is 0 Å². The zero-order valence-electron chi connectivity index (χ0n) is 28.2. The number of hydrogen-bond donors (Lipinski definition) is 2. The second-order valence-corrected chi connectivity index (χ2v) is 25.0. The van der Waals surface area contributed by atoms with E-state index in [0.717, 1.165) is 24.9 Å². The van der Waals surface area contributed by atoms with Crippen molar-refractivity contribution >= 4 is 49.1 Å². The number of esters is 2. The van der Waals surface area contributed by atoms with Gasteiger partial charge in [0.25, 0.3) is 0 Å². The third kappa shape index (κ3) is 17.3. The van der Waals surface area contributed by atoms with E-state index in [0.29, 0.717) is 13.2 Å². The molecule has 0 spiro atoms. The fraction of sp³-hybridized carbons (Fsp3) is 0.529. The van der Waals surface area contributed by atoms with E-state index in [9.17, 15) is 29.4 Å². The first-order chi connectivity index (χ1) is 22.0. The number of carboxylic acid groups (broad SMARTS) is 2. The van der Waals surface area contributed by atoms with Crippen molar-refractivity contribution in [3.63, 3.8) is 0 Å². The number of carboxylic acids is 2. The molecule has 0 aromatic heterocycles. The van der Waals surface area contributed by atoms with Gasteiger partial charge in [-0.25, -0.2) is 19.2 Å². The van der Waals surface area contributed by atoms with Crippen molar-refractivity contribution in [2.45, 2.75) is 79.1 Å². The lowest BCUT2D eigenvalue weighted by molar-refractivity contribution is 0.0309. The van der Waals surface area contributed by atoms with Gasteiger partial charge in [-0.1, -0.05) is 39.1 Å². The van der Waals surface area contributed by atoms with Crippen molar-refractivity contribution in [1.82, 2.24) is 0 Å². The number of rotatable bonds is 22. The van der Waals surface area contributed by atoms with Crippen LogP contribution in [0, 0.1) is 0 Å². The Labute approximate surface area is 294 Å².